The summed E-state index contributed by atoms with van der Waals surface area (Å²) < 4.78 is 0. The summed E-state index contributed by atoms with van der Waals surface area (Å²) >= 11 is 0. The van der Waals surface area contributed by atoms with Gasteiger partial charge in [0.1, 0.15) is 0 Å². The van der Waals surface area contributed by atoms with Crippen molar-refractivity contribution in [3.8, 4) is 0 Å². The normalized spacial score (nSPS) is 18.6. The van der Waals surface area contributed by atoms with Crippen LogP contribution in [0, 0.1) is 0 Å². The molecule has 0 saturated carbocycles. The molecule has 1 amide bonds. The van der Waals surface area contributed by atoms with E-state index in [1.165, 1.54) is 5.56 Å². The summed E-state index contributed by atoms with van der Waals surface area (Å²) in [5, 5.41) is 6.40. The molecule has 21 heavy (non-hydrogen) atoms. The molecule has 1 aromatic carbocycles. The van der Waals surface area contributed by atoms with Crippen LogP contribution in [0.15, 0.2) is 48.8 Å². The van der Waals surface area contributed by atoms with Gasteiger partial charge in [0.2, 0.25) is 5.91 Å². The molecule has 108 valence electrons. The molecule has 1 aliphatic heterocycles. The Bertz CT molecular complexity index is 627. The summed E-state index contributed by atoms with van der Waals surface area (Å²) in [6.45, 7) is 3.50. The average molecular weight is 281 g/mol. The number of pyridine rings is 1. The van der Waals surface area contributed by atoms with Crippen LogP contribution in [0.2, 0.25) is 0 Å². The van der Waals surface area contributed by atoms with Crippen molar-refractivity contribution in [3.63, 3.8) is 0 Å². The van der Waals surface area contributed by atoms with Gasteiger partial charge < -0.3 is 10.6 Å². The lowest BCUT2D eigenvalue weighted by molar-refractivity contribution is -0.123. The van der Waals surface area contributed by atoms with Crippen LogP contribution < -0.4 is 10.6 Å². The highest BCUT2D eigenvalue weighted by Gasteiger charge is 2.26. The fourth-order valence-electron chi connectivity index (χ4n) is 2.76. The number of benzene rings is 1. The number of fused-ring (bicyclic) bond motifs is 1. The molecule has 0 aliphatic carbocycles. The zero-order valence-electron chi connectivity index (χ0n) is 12.0. The lowest BCUT2D eigenvalue weighted by Crippen LogP contribution is -2.39. The first-order chi connectivity index (χ1) is 10.3. The van der Waals surface area contributed by atoms with Gasteiger partial charge in [0.15, 0.2) is 0 Å². The highest BCUT2D eigenvalue weighted by Crippen LogP contribution is 2.24. The molecule has 0 saturated heterocycles. The van der Waals surface area contributed by atoms with Crippen LogP contribution in [0.25, 0.3) is 0 Å². The summed E-state index contributed by atoms with van der Waals surface area (Å²) in [6.07, 6.45) is 3.53. The molecule has 0 radical (unpaired) electrons. The van der Waals surface area contributed by atoms with E-state index in [1.54, 1.807) is 12.4 Å². The maximum atomic E-state index is 12.6. The van der Waals surface area contributed by atoms with Gasteiger partial charge in [-0.2, -0.15) is 0 Å². The van der Waals surface area contributed by atoms with Crippen molar-refractivity contribution in [2.24, 2.45) is 0 Å². The molecular formula is C17H19N3O. The molecule has 4 nitrogen and oxygen atoms in total. The lowest BCUT2D eigenvalue weighted by Gasteiger charge is -2.27. The summed E-state index contributed by atoms with van der Waals surface area (Å²) in [6, 6.07) is 12.0. The fourth-order valence-corrected chi connectivity index (χ4v) is 2.76. The summed E-state index contributed by atoms with van der Waals surface area (Å²) in [5.74, 6) is -0.0694. The van der Waals surface area contributed by atoms with Crippen LogP contribution in [0.4, 0.5) is 0 Å². The molecule has 2 unspecified atom stereocenters. The first kappa shape index (κ1) is 13.8. The van der Waals surface area contributed by atoms with Crippen molar-refractivity contribution in [2.75, 3.05) is 6.54 Å². The van der Waals surface area contributed by atoms with E-state index >= 15 is 0 Å². The maximum absolute atomic E-state index is 12.6. The molecule has 2 heterocycles. The van der Waals surface area contributed by atoms with Crippen molar-refractivity contribution < 1.29 is 4.79 Å². The second kappa shape index (κ2) is 6.06. The van der Waals surface area contributed by atoms with E-state index in [0.29, 0.717) is 6.54 Å². The predicted molar refractivity (Wildman–Crippen MR) is 81.7 cm³/mol. The SMILES string of the molecule is CC(NC(=O)C1CNCc2ccccc21)c1cccnc1. The minimum absolute atomic E-state index is 0.0414. The Kier molecular flexibility index (Phi) is 3.97. The largest absolute Gasteiger partial charge is 0.349 e. The summed E-state index contributed by atoms with van der Waals surface area (Å²) in [5.41, 5.74) is 3.35. The monoisotopic (exact) mass is 281 g/mol. The summed E-state index contributed by atoms with van der Waals surface area (Å²) in [7, 11) is 0. The van der Waals surface area contributed by atoms with E-state index < -0.39 is 0 Å². The lowest BCUT2D eigenvalue weighted by atomic mass is 9.90. The molecule has 2 aromatic rings. The molecule has 1 aliphatic rings. The topological polar surface area (TPSA) is 54.0 Å². The van der Waals surface area contributed by atoms with Crippen LogP contribution in [-0.2, 0) is 11.3 Å². The zero-order chi connectivity index (χ0) is 14.7. The Hall–Kier alpha value is -2.20. The van der Waals surface area contributed by atoms with E-state index in [9.17, 15) is 4.79 Å². The van der Waals surface area contributed by atoms with Crippen molar-refractivity contribution >= 4 is 5.91 Å². The predicted octanol–water partition coefficient (Wildman–Crippen LogP) is 2.15. The van der Waals surface area contributed by atoms with Crippen molar-refractivity contribution in [3.05, 3.63) is 65.5 Å². The van der Waals surface area contributed by atoms with E-state index in [2.05, 4.69) is 27.8 Å². The zero-order valence-corrected chi connectivity index (χ0v) is 12.0. The molecule has 0 spiro atoms. The number of nitrogens with zero attached hydrogens (tertiary/aromatic N) is 1. The Balaban J connectivity index is 1.75. The van der Waals surface area contributed by atoms with Gasteiger partial charge in [0, 0.05) is 25.5 Å². The smallest absolute Gasteiger partial charge is 0.229 e. The number of carbonyl (C=O) groups excluding carboxylic acids is 1. The molecule has 3 rings (SSSR count). The molecule has 4 heteroatoms. The molecule has 0 fully saturated rings. The standard InChI is InChI=1S/C17H19N3O/c1-12(13-6-4-8-18-9-13)20-17(21)16-11-19-10-14-5-2-3-7-15(14)16/h2-9,12,16,19H,10-11H2,1H3,(H,20,21). The second-order valence-electron chi connectivity index (χ2n) is 5.40. The molecule has 2 N–H and O–H groups in total. The average Bonchev–Trinajstić information content (AvgIpc) is 2.55. The van der Waals surface area contributed by atoms with Gasteiger partial charge in [-0.15, -0.1) is 0 Å². The first-order valence-electron chi connectivity index (χ1n) is 7.24. The molecule has 2 atom stereocenters. The summed E-state index contributed by atoms with van der Waals surface area (Å²) in [4.78, 5) is 16.7. The van der Waals surface area contributed by atoms with Crippen molar-refractivity contribution in [1.82, 2.24) is 15.6 Å². The number of hydrogen-bond acceptors (Lipinski definition) is 3. The molecule has 1 aromatic heterocycles. The van der Waals surface area contributed by atoms with Gasteiger partial charge in [-0.05, 0) is 29.7 Å². The van der Waals surface area contributed by atoms with Gasteiger partial charge in [-0.25, -0.2) is 0 Å². The van der Waals surface area contributed by atoms with Crippen LogP contribution in [0.5, 0.6) is 0 Å². The third kappa shape index (κ3) is 2.95. The highest BCUT2D eigenvalue weighted by molar-refractivity contribution is 5.85. The maximum Gasteiger partial charge on any atom is 0.229 e. The van der Waals surface area contributed by atoms with E-state index in [-0.39, 0.29) is 17.9 Å². The van der Waals surface area contributed by atoms with E-state index in [1.807, 2.05) is 31.2 Å². The number of hydrogen-bond donors (Lipinski definition) is 2. The van der Waals surface area contributed by atoms with Crippen molar-refractivity contribution in [2.45, 2.75) is 25.4 Å². The molecular weight excluding hydrogens is 262 g/mol. The number of nitrogens with one attached hydrogen (secondary N) is 2. The van der Waals surface area contributed by atoms with Gasteiger partial charge in [0.05, 0.1) is 12.0 Å². The second-order valence-corrected chi connectivity index (χ2v) is 5.40. The van der Waals surface area contributed by atoms with Gasteiger partial charge >= 0.3 is 0 Å². The van der Waals surface area contributed by atoms with Crippen LogP contribution >= 0.6 is 0 Å². The third-order valence-corrected chi connectivity index (χ3v) is 3.95. The number of aromatic nitrogens is 1. The Morgan fingerprint density at radius 2 is 2.19 bits per heavy atom. The van der Waals surface area contributed by atoms with Crippen molar-refractivity contribution in [1.29, 1.82) is 0 Å². The Labute approximate surface area is 124 Å². The van der Waals surface area contributed by atoms with Crippen LogP contribution in [0.3, 0.4) is 0 Å². The van der Waals surface area contributed by atoms with Gasteiger partial charge in [-0.3, -0.25) is 9.78 Å². The van der Waals surface area contributed by atoms with Gasteiger partial charge in [-0.1, -0.05) is 30.3 Å². The quantitative estimate of drug-likeness (QED) is 0.906. The highest BCUT2D eigenvalue weighted by atomic mass is 16.2. The number of carbonyl (C=O) groups is 1. The molecule has 0 bridgehead atoms. The number of amides is 1. The van der Waals surface area contributed by atoms with Crippen LogP contribution in [0.1, 0.15) is 35.6 Å². The van der Waals surface area contributed by atoms with E-state index in [0.717, 1.165) is 17.7 Å². The van der Waals surface area contributed by atoms with Crippen LogP contribution in [-0.4, -0.2) is 17.4 Å². The first-order valence-corrected chi connectivity index (χ1v) is 7.24. The number of rotatable bonds is 3. The van der Waals surface area contributed by atoms with E-state index in [4.69, 9.17) is 0 Å². The minimum atomic E-state index is -0.130. The third-order valence-electron chi connectivity index (χ3n) is 3.95. The Morgan fingerprint density at radius 1 is 1.33 bits per heavy atom. The fraction of sp³-hybridized carbons (Fsp3) is 0.294. The van der Waals surface area contributed by atoms with Gasteiger partial charge in [0.25, 0.3) is 0 Å². The minimum Gasteiger partial charge on any atom is -0.349 e. The Morgan fingerprint density at radius 3 is 3.00 bits per heavy atom.